The van der Waals surface area contributed by atoms with Gasteiger partial charge in [0.2, 0.25) is 0 Å². The monoisotopic (exact) mass is 302 g/mol. The number of nitro benzene ring substituents is 1. The molecule has 0 spiro atoms. The summed E-state index contributed by atoms with van der Waals surface area (Å²) in [5.74, 6) is -1.17. The van der Waals surface area contributed by atoms with Gasteiger partial charge in [0.05, 0.1) is 4.92 Å². The van der Waals surface area contributed by atoms with Crippen LogP contribution in [-0.2, 0) is 14.6 Å². The van der Waals surface area contributed by atoms with Crippen molar-refractivity contribution in [1.82, 2.24) is 0 Å². The van der Waals surface area contributed by atoms with E-state index in [1.54, 1.807) is 0 Å². The summed E-state index contributed by atoms with van der Waals surface area (Å²) in [5.41, 5.74) is -0.682. The molecule has 8 nitrogen and oxygen atoms in total. The van der Waals surface area contributed by atoms with E-state index in [1.165, 1.54) is 26.1 Å². The molecule has 0 fully saturated rings. The SMILES string of the molecule is CC(C(=O)O)N(C)c1cccc(S(C)(=O)=O)c1[N+](=O)[O-]. The van der Waals surface area contributed by atoms with Crippen molar-refractivity contribution in [2.24, 2.45) is 0 Å². The van der Waals surface area contributed by atoms with Gasteiger partial charge in [-0.1, -0.05) is 6.07 Å². The third-order valence-corrected chi connectivity index (χ3v) is 4.01. The molecule has 1 N–H and O–H groups in total. The molecule has 20 heavy (non-hydrogen) atoms. The van der Waals surface area contributed by atoms with Crippen LogP contribution in [0.1, 0.15) is 6.92 Å². The average molecular weight is 302 g/mol. The molecule has 1 aromatic rings. The molecule has 0 aliphatic heterocycles. The highest BCUT2D eigenvalue weighted by atomic mass is 32.2. The predicted octanol–water partition coefficient (Wildman–Crippen LogP) is 0.908. The molecular weight excluding hydrogens is 288 g/mol. The van der Waals surface area contributed by atoms with Crippen LogP contribution in [0.15, 0.2) is 23.1 Å². The van der Waals surface area contributed by atoms with E-state index in [9.17, 15) is 23.3 Å². The van der Waals surface area contributed by atoms with E-state index in [0.29, 0.717) is 0 Å². The second-order valence-electron chi connectivity index (χ2n) is 4.28. The van der Waals surface area contributed by atoms with E-state index in [1.807, 2.05) is 0 Å². The molecule has 0 amide bonds. The van der Waals surface area contributed by atoms with Crippen molar-refractivity contribution < 1.29 is 23.2 Å². The summed E-state index contributed by atoms with van der Waals surface area (Å²) >= 11 is 0. The number of sulfone groups is 1. The molecule has 0 aromatic heterocycles. The van der Waals surface area contributed by atoms with Crippen LogP contribution in [0.25, 0.3) is 0 Å². The number of rotatable bonds is 5. The zero-order chi connectivity index (χ0) is 15.7. The standard InChI is InChI=1S/C11H14N2O6S/c1-7(11(14)15)12(2)8-5-4-6-9(20(3,18)19)10(8)13(16)17/h4-7H,1-3H3,(H,14,15). The van der Waals surface area contributed by atoms with Crippen molar-refractivity contribution >= 4 is 27.2 Å². The van der Waals surface area contributed by atoms with E-state index < -0.39 is 37.4 Å². The summed E-state index contributed by atoms with van der Waals surface area (Å²) in [6.45, 7) is 1.35. The number of carboxylic acids is 1. The molecule has 110 valence electrons. The van der Waals surface area contributed by atoms with Gasteiger partial charge < -0.3 is 10.0 Å². The van der Waals surface area contributed by atoms with Gasteiger partial charge in [0, 0.05) is 13.3 Å². The smallest absolute Gasteiger partial charge is 0.326 e. The van der Waals surface area contributed by atoms with E-state index in [2.05, 4.69) is 0 Å². The van der Waals surface area contributed by atoms with Crippen molar-refractivity contribution in [1.29, 1.82) is 0 Å². The van der Waals surface area contributed by atoms with Crippen LogP contribution in [-0.4, -0.2) is 43.8 Å². The van der Waals surface area contributed by atoms with Gasteiger partial charge in [-0.25, -0.2) is 13.2 Å². The molecule has 0 aliphatic carbocycles. The van der Waals surface area contributed by atoms with Gasteiger partial charge in [-0.3, -0.25) is 10.1 Å². The lowest BCUT2D eigenvalue weighted by Crippen LogP contribution is -2.36. The summed E-state index contributed by atoms with van der Waals surface area (Å²) in [6.07, 6.45) is 0.861. The second kappa shape index (κ2) is 5.45. The number of para-hydroxylation sites is 1. The zero-order valence-electron chi connectivity index (χ0n) is 11.1. The number of hydrogen-bond donors (Lipinski definition) is 1. The highest BCUT2D eigenvalue weighted by molar-refractivity contribution is 7.90. The first-order valence-electron chi connectivity index (χ1n) is 5.50. The van der Waals surface area contributed by atoms with Gasteiger partial charge in [0.1, 0.15) is 16.6 Å². The first-order chi connectivity index (χ1) is 9.07. The summed E-state index contributed by atoms with van der Waals surface area (Å²) in [6, 6.07) is 2.73. The summed E-state index contributed by atoms with van der Waals surface area (Å²) in [5, 5.41) is 20.1. The third-order valence-electron chi connectivity index (χ3n) is 2.88. The molecule has 0 bridgehead atoms. The van der Waals surface area contributed by atoms with E-state index >= 15 is 0 Å². The number of anilines is 1. The van der Waals surface area contributed by atoms with Crippen molar-refractivity contribution in [3.05, 3.63) is 28.3 Å². The molecular formula is C11H14N2O6S. The fraction of sp³-hybridized carbons (Fsp3) is 0.364. The van der Waals surface area contributed by atoms with Crippen molar-refractivity contribution in [2.45, 2.75) is 17.9 Å². The first kappa shape index (κ1) is 15.9. The Kier molecular flexibility index (Phi) is 4.33. The number of nitro groups is 1. The Morgan fingerprint density at radius 3 is 2.40 bits per heavy atom. The molecule has 0 radical (unpaired) electrons. The van der Waals surface area contributed by atoms with Crippen molar-refractivity contribution in [3.8, 4) is 0 Å². The Labute approximate surface area is 115 Å². The summed E-state index contributed by atoms with van der Waals surface area (Å²) < 4.78 is 23.2. The van der Waals surface area contributed by atoms with Crippen LogP contribution in [0.4, 0.5) is 11.4 Å². The number of benzene rings is 1. The lowest BCUT2D eigenvalue weighted by atomic mass is 10.2. The largest absolute Gasteiger partial charge is 0.480 e. The van der Waals surface area contributed by atoms with E-state index in [4.69, 9.17) is 5.11 Å². The molecule has 1 rings (SSSR count). The summed E-state index contributed by atoms with van der Waals surface area (Å²) in [4.78, 5) is 22.0. The number of nitrogens with zero attached hydrogens (tertiary/aromatic N) is 2. The maximum atomic E-state index is 11.6. The fourth-order valence-corrected chi connectivity index (χ4v) is 2.51. The second-order valence-corrected chi connectivity index (χ2v) is 6.26. The normalized spacial score (nSPS) is 12.8. The quantitative estimate of drug-likeness (QED) is 0.634. The number of carboxylic acid groups (broad SMARTS) is 1. The van der Waals surface area contributed by atoms with Gasteiger partial charge in [-0.2, -0.15) is 0 Å². The first-order valence-corrected chi connectivity index (χ1v) is 7.39. The molecule has 9 heteroatoms. The lowest BCUT2D eigenvalue weighted by molar-refractivity contribution is -0.387. The maximum Gasteiger partial charge on any atom is 0.326 e. The highest BCUT2D eigenvalue weighted by Crippen LogP contribution is 2.34. The maximum absolute atomic E-state index is 11.6. The van der Waals surface area contributed by atoms with Crippen molar-refractivity contribution in [3.63, 3.8) is 0 Å². The molecule has 0 aliphatic rings. The van der Waals surface area contributed by atoms with Crippen LogP contribution in [0.2, 0.25) is 0 Å². The fourth-order valence-electron chi connectivity index (χ4n) is 1.65. The van der Waals surface area contributed by atoms with E-state index in [-0.39, 0.29) is 5.69 Å². The predicted molar refractivity (Wildman–Crippen MR) is 71.7 cm³/mol. The Balaban J connectivity index is 3.57. The Bertz CT molecular complexity index is 655. The lowest BCUT2D eigenvalue weighted by Gasteiger charge is -2.23. The summed E-state index contributed by atoms with van der Waals surface area (Å²) in [7, 11) is -2.44. The third kappa shape index (κ3) is 3.05. The van der Waals surface area contributed by atoms with Crippen LogP contribution in [0, 0.1) is 10.1 Å². The number of hydrogen-bond acceptors (Lipinski definition) is 6. The molecule has 0 saturated heterocycles. The highest BCUT2D eigenvalue weighted by Gasteiger charge is 2.30. The van der Waals surface area contributed by atoms with Crippen molar-refractivity contribution in [2.75, 3.05) is 18.2 Å². The zero-order valence-corrected chi connectivity index (χ0v) is 11.9. The Morgan fingerprint density at radius 2 is 2.00 bits per heavy atom. The van der Waals surface area contributed by atoms with Crippen LogP contribution >= 0.6 is 0 Å². The van der Waals surface area contributed by atoms with Gasteiger partial charge in [0.25, 0.3) is 0 Å². The molecule has 1 unspecified atom stereocenters. The van der Waals surface area contributed by atoms with Gasteiger partial charge >= 0.3 is 11.7 Å². The Morgan fingerprint density at radius 1 is 1.45 bits per heavy atom. The molecule has 0 saturated carbocycles. The van der Waals surface area contributed by atoms with E-state index in [0.717, 1.165) is 17.2 Å². The van der Waals surface area contributed by atoms with Gasteiger partial charge in [-0.05, 0) is 19.1 Å². The molecule has 1 aromatic carbocycles. The average Bonchev–Trinajstić information content (AvgIpc) is 2.34. The minimum absolute atomic E-state index is 0.0622. The molecule has 1 atom stereocenters. The number of aliphatic carboxylic acids is 1. The molecule has 0 heterocycles. The van der Waals surface area contributed by atoms with Gasteiger partial charge in [-0.15, -0.1) is 0 Å². The number of carbonyl (C=O) groups is 1. The van der Waals surface area contributed by atoms with Gasteiger partial charge in [0.15, 0.2) is 9.84 Å². The van der Waals surface area contributed by atoms with Crippen LogP contribution in [0.3, 0.4) is 0 Å². The topological polar surface area (TPSA) is 118 Å². The minimum atomic E-state index is -3.80. The Hall–Kier alpha value is -2.16. The minimum Gasteiger partial charge on any atom is -0.480 e. The number of likely N-dealkylation sites (N-methyl/N-ethyl adjacent to an activating group) is 1. The van der Waals surface area contributed by atoms with Crippen LogP contribution < -0.4 is 4.90 Å². The van der Waals surface area contributed by atoms with Crippen LogP contribution in [0.5, 0.6) is 0 Å².